The van der Waals surface area contributed by atoms with Gasteiger partial charge in [-0.2, -0.15) is 0 Å². The monoisotopic (exact) mass is 430 g/mol. The standard InChI is InChI=1S/2C12H13N3O/c2*1-16-11-5-3-10(4-6-11)9-15-12-13-7-2-8-14-12/h2*2-8H,9H2,1H3,(H,13,14,15). The molecule has 0 aliphatic rings. The van der Waals surface area contributed by atoms with Crippen LogP contribution in [0.2, 0.25) is 0 Å². The molecule has 0 amide bonds. The fraction of sp³-hybridized carbons (Fsp3) is 0.167. The third-order valence-corrected chi connectivity index (χ3v) is 4.35. The average Bonchev–Trinajstić information content (AvgIpc) is 2.88. The summed E-state index contributed by atoms with van der Waals surface area (Å²) in [6, 6.07) is 19.3. The van der Waals surface area contributed by atoms with E-state index in [1.165, 1.54) is 0 Å². The van der Waals surface area contributed by atoms with Crippen molar-refractivity contribution in [1.29, 1.82) is 0 Å². The Morgan fingerprint density at radius 1 is 0.562 bits per heavy atom. The molecular weight excluding hydrogens is 404 g/mol. The van der Waals surface area contributed by atoms with Crippen LogP contribution < -0.4 is 20.1 Å². The highest BCUT2D eigenvalue weighted by molar-refractivity contribution is 5.32. The van der Waals surface area contributed by atoms with Crippen molar-refractivity contribution < 1.29 is 9.47 Å². The van der Waals surface area contributed by atoms with E-state index in [2.05, 4.69) is 30.6 Å². The van der Waals surface area contributed by atoms with Crippen molar-refractivity contribution >= 4 is 11.9 Å². The number of hydrogen-bond acceptors (Lipinski definition) is 8. The minimum Gasteiger partial charge on any atom is -0.497 e. The van der Waals surface area contributed by atoms with E-state index in [1.54, 1.807) is 51.1 Å². The third-order valence-electron chi connectivity index (χ3n) is 4.35. The number of anilines is 2. The molecule has 0 fully saturated rings. The largest absolute Gasteiger partial charge is 0.497 e. The number of methoxy groups -OCH3 is 2. The van der Waals surface area contributed by atoms with Crippen molar-refractivity contribution in [1.82, 2.24) is 19.9 Å². The second-order valence-corrected chi connectivity index (χ2v) is 6.55. The van der Waals surface area contributed by atoms with Gasteiger partial charge in [0.2, 0.25) is 11.9 Å². The second-order valence-electron chi connectivity index (χ2n) is 6.55. The van der Waals surface area contributed by atoms with E-state index in [9.17, 15) is 0 Å². The molecule has 0 saturated carbocycles. The van der Waals surface area contributed by atoms with Crippen molar-refractivity contribution in [2.45, 2.75) is 13.1 Å². The zero-order valence-corrected chi connectivity index (χ0v) is 18.1. The van der Waals surface area contributed by atoms with E-state index in [0.717, 1.165) is 22.6 Å². The van der Waals surface area contributed by atoms with Gasteiger partial charge in [-0.15, -0.1) is 0 Å². The number of rotatable bonds is 8. The Balaban J connectivity index is 0.000000181. The van der Waals surface area contributed by atoms with E-state index in [-0.39, 0.29) is 0 Å². The van der Waals surface area contributed by atoms with E-state index in [4.69, 9.17) is 9.47 Å². The molecule has 0 bridgehead atoms. The maximum atomic E-state index is 5.09. The normalized spacial score (nSPS) is 9.81. The van der Waals surface area contributed by atoms with Crippen LogP contribution in [0.3, 0.4) is 0 Å². The first-order valence-electron chi connectivity index (χ1n) is 10.0. The maximum Gasteiger partial charge on any atom is 0.222 e. The zero-order valence-electron chi connectivity index (χ0n) is 18.1. The lowest BCUT2D eigenvalue weighted by molar-refractivity contribution is 0.414. The molecule has 4 aromatic rings. The van der Waals surface area contributed by atoms with Crippen LogP contribution in [0.25, 0.3) is 0 Å². The highest BCUT2D eigenvalue weighted by Crippen LogP contribution is 2.13. The third kappa shape index (κ3) is 7.56. The number of hydrogen-bond donors (Lipinski definition) is 2. The number of benzene rings is 2. The SMILES string of the molecule is COc1ccc(CNc2ncccn2)cc1.COc1ccc(CNc2ncccn2)cc1. The van der Waals surface area contributed by atoms with Gasteiger partial charge in [-0.05, 0) is 47.5 Å². The van der Waals surface area contributed by atoms with Crippen LogP contribution >= 0.6 is 0 Å². The topological polar surface area (TPSA) is 94.1 Å². The summed E-state index contributed by atoms with van der Waals surface area (Å²) in [6.07, 6.45) is 6.85. The molecule has 0 aliphatic heterocycles. The fourth-order valence-corrected chi connectivity index (χ4v) is 2.63. The summed E-state index contributed by atoms with van der Waals surface area (Å²) < 4.78 is 10.2. The van der Waals surface area contributed by atoms with Crippen molar-refractivity contribution in [3.63, 3.8) is 0 Å². The van der Waals surface area contributed by atoms with Crippen LogP contribution in [-0.2, 0) is 13.1 Å². The molecule has 0 radical (unpaired) electrons. The van der Waals surface area contributed by atoms with Gasteiger partial charge in [-0.3, -0.25) is 0 Å². The Labute approximate surface area is 187 Å². The van der Waals surface area contributed by atoms with Crippen LogP contribution in [0.4, 0.5) is 11.9 Å². The summed E-state index contributed by atoms with van der Waals surface area (Å²) in [4.78, 5) is 16.3. The van der Waals surface area contributed by atoms with Gasteiger partial charge in [0.25, 0.3) is 0 Å². The van der Waals surface area contributed by atoms with Gasteiger partial charge in [0, 0.05) is 37.9 Å². The summed E-state index contributed by atoms with van der Waals surface area (Å²) in [5, 5.41) is 6.27. The van der Waals surface area contributed by atoms with E-state index < -0.39 is 0 Å². The van der Waals surface area contributed by atoms with Gasteiger partial charge in [0.05, 0.1) is 14.2 Å². The van der Waals surface area contributed by atoms with E-state index >= 15 is 0 Å². The Hall–Kier alpha value is -4.20. The van der Waals surface area contributed by atoms with Crippen molar-refractivity contribution in [2.75, 3.05) is 24.9 Å². The Kier molecular flexibility index (Phi) is 8.77. The lowest BCUT2D eigenvalue weighted by atomic mass is 10.2. The lowest BCUT2D eigenvalue weighted by Crippen LogP contribution is -2.02. The highest BCUT2D eigenvalue weighted by Gasteiger charge is 1.97. The first-order valence-corrected chi connectivity index (χ1v) is 10.0. The zero-order chi connectivity index (χ0) is 22.4. The van der Waals surface area contributed by atoms with Crippen LogP contribution in [0.1, 0.15) is 11.1 Å². The number of aromatic nitrogens is 4. The molecule has 0 unspecified atom stereocenters. The molecule has 2 aromatic heterocycles. The summed E-state index contributed by atoms with van der Waals surface area (Å²) in [7, 11) is 3.32. The number of nitrogens with zero attached hydrogens (tertiary/aromatic N) is 4. The molecule has 164 valence electrons. The number of nitrogens with one attached hydrogen (secondary N) is 2. The summed E-state index contributed by atoms with van der Waals surface area (Å²) >= 11 is 0. The van der Waals surface area contributed by atoms with E-state index in [0.29, 0.717) is 25.0 Å². The summed E-state index contributed by atoms with van der Waals surface area (Å²) in [6.45, 7) is 1.40. The van der Waals surface area contributed by atoms with Crippen LogP contribution in [-0.4, -0.2) is 34.2 Å². The van der Waals surface area contributed by atoms with Crippen molar-refractivity contribution in [3.05, 3.63) is 96.6 Å². The predicted molar refractivity (Wildman–Crippen MR) is 125 cm³/mol. The van der Waals surface area contributed by atoms with E-state index in [1.807, 2.05) is 48.5 Å². The molecule has 0 atom stereocenters. The first-order chi connectivity index (χ1) is 15.8. The Morgan fingerprint density at radius 3 is 1.22 bits per heavy atom. The Bertz CT molecular complexity index is 943. The van der Waals surface area contributed by atoms with Crippen LogP contribution in [0.15, 0.2) is 85.5 Å². The molecule has 2 aromatic carbocycles. The maximum absolute atomic E-state index is 5.09. The molecule has 4 rings (SSSR count). The van der Waals surface area contributed by atoms with Gasteiger partial charge in [0.15, 0.2) is 0 Å². The fourth-order valence-electron chi connectivity index (χ4n) is 2.63. The van der Waals surface area contributed by atoms with Gasteiger partial charge in [-0.1, -0.05) is 24.3 Å². The molecule has 8 nitrogen and oxygen atoms in total. The summed E-state index contributed by atoms with van der Waals surface area (Å²) in [5.74, 6) is 3.00. The molecular formula is C24H26N6O2. The highest BCUT2D eigenvalue weighted by atomic mass is 16.5. The van der Waals surface area contributed by atoms with Crippen molar-refractivity contribution in [3.8, 4) is 11.5 Å². The lowest BCUT2D eigenvalue weighted by Gasteiger charge is -2.05. The molecule has 2 N–H and O–H groups in total. The minimum atomic E-state index is 0.637. The van der Waals surface area contributed by atoms with Crippen LogP contribution in [0.5, 0.6) is 11.5 Å². The van der Waals surface area contributed by atoms with Gasteiger partial charge >= 0.3 is 0 Å². The minimum absolute atomic E-state index is 0.637. The van der Waals surface area contributed by atoms with Gasteiger partial charge in [-0.25, -0.2) is 19.9 Å². The quantitative estimate of drug-likeness (QED) is 0.430. The average molecular weight is 431 g/mol. The van der Waals surface area contributed by atoms with Gasteiger partial charge < -0.3 is 20.1 Å². The predicted octanol–water partition coefficient (Wildman–Crippen LogP) is 4.19. The summed E-state index contributed by atoms with van der Waals surface area (Å²) in [5.41, 5.74) is 2.32. The molecule has 8 heteroatoms. The smallest absolute Gasteiger partial charge is 0.222 e. The number of ether oxygens (including phenoxy) is 2. The van der Waals surface area contributed by atoms with Crippen molar-refractivity contribution in [2.24, 2.45) is 0 Å². The Morgan fingerprint density at radius 2 is 0.906 bits per heavy atom. The molecule has 32 heavy (non-hydrogen) atoms. The second kappa shape index (κ2) is 12.5. The molecule has 2 heterocycles. The molecule has 0 saturated heterocycles. The van der Waals surface area contributed by atoms with Gasteiger partial charge in [0.1, 0.15) is 11.5 Å². The first kappa shape index (κ1) is 22.5. The molecule has 0 aliphatic carbocycles. The molecule has 0 spiro atoms. The van der Waals surface area contributed by atoms with Crippen LogP contribution in [0, 0.1) is 0 Å².